The maximum Gasteiger partial charge on any atom is 0.342 e. The molecule has 6 amide bonds. The second-order valence-corrected chi connectivity index (χ2v) is 15.5. The number of urea groups is 1. The van der Waals surface area contributed by atoms with Gasteiger partial charge >= 0.3 is 6.03 Å². The van der Waals surface area contributed by atoms with Gasteiger partial charge in [-0.2, -0.15) is 0 Å². The third-order valence-corrected chi connectivity index (χ3v) is 11.8. The number of halogens is 1. The van der Waals surface area contributed by atoms with Crippen LogP contribution in [0.15, 0.2) is 90.4 Å². The summed E-state index contributed by atoms with van der Waals surface area (Å²) in [6, 6.07) is 21.1. The number of nitrogens with one attached hydrogen (secondary N) is 2. The van der Waals surface area contributed by atoms with Crippen LogP contribution in [0.25, 0.3) is 11.1 Å². The van der Waals surface area contributed by atoms with Gasteiger partial charge in [0.05, 0.1) is 13.1 Å². The summed E-state index contributed by atoms with van der Waals surface area (Å²) in [6.07, 6.45) is 1.68. The summed E-state index contributed by atoms with van der Waals surface area (Å²) in [6.45, 7) is 4.59. The number of benzene rings is 4. The molecule has 2 fully saturated rings. The van der Waals surface area contributed by atoms with Gasteiger partial charge in [0.2, 0.25) is 5.91 Å². The minimum absolute atomic E-state index is 0.0219. The molecule has 4 aliphatic rings. The maximum atomic E-state index is 14.4. The third-order valence-electron chi connectivity index (χ3n) is 11.1. The number of carbonyl (C=O) groups is 5. The van der Waals surface area contributed by atoms with Crippen molar-refractivity contribution in [2.45, 2.75) is 32.1 Å². The Kier molecular flexibility index (Phi) is 9.57. The van der Waals surface area contributed by atoms with Crippen molar-refractivity contribution in [3.05, 3.63) is 130 Å². The summed E-state index contributed by atoms with van der Waals surface area (Å²) in [7, 11) is 0. The van der Waals surface area contributed by atoms with Crippen molar-refractivity contribution in [3.63, 3.8) is 0 Å². The highest BCUT2D eigenvalue weighted by Gasteiger charge is 2.40. The predicted octanol–water partition coefficient (Wildman–Crippen LogP) is 5.13. The van der Waals surface area contributed by atoms with E-state index in [0.29, 0.717) is 21.8 Å². The molecule has 2 saturated heterocycles. The molecule has 0 aliphatic carbocycles. The molecule has 3 N–H and O–H groups in total. The van der Waals surface area contributed by atoms with E-state index >= 15 is 0 Å². The zero-order valence-corrected chi connectivity index (χ0v) is 31.9. The molecule has 0 radical (unpaired) electrons. The highest BCUT2D eigenvalue weighted by atomic mass is 32.1. The number of nitrogens with zero attached hydrogens (tertiary/aromatic N) is 6. The fraction of sp³-hybridized carbons (Fsp3) is 0.238. The molecule has 5 aromatic rings. The van der Waals surface area contributed by atoms with Crippen molar-refractivity contribution in [1.29, 1.82) is 0 Å². The molecular formula is C42H37FN8O6S. The molecule has 16 heteroatoms. The van der Waals surface area contributed by atoms with Crippen LogP contribution in [0.2, 0.25) is 0 Å². The largest absolute Gasteiger partial charge is 0.508 e. The summed E-state index contributed by atoms with van der Waals surface area (Å²) in [5, 5.41) is 20.4. The summed E-state index contributed by atoms with van der Waals surface area (Å²) in [4.78, 5) is 74.8. The van der Waals surface area contributed by atoms with Crippen molar-refractivity contribution in [2.24, 2.45) is 0 Å². The van der Waals surface area contributed by atoms with E-state index in [-0.39, 0.29) is 49.2 Å². The number of hydrogen-bond acceptors (Lipinski definition) is 10. The topological polar surface area (TPSA) is 159 Å². The molecule has 4 aliphatic heterocycles. The van der Waals surface area contributed by atoms with Gasteiger partial charge in [-0.05, 0) is 70.3 Å². The number of carbonyl (C=O) groups excluding carboxylic acids is 5. The van der Waals surface area contributed by atoms with Gasteiger partial charge in [-0.3, -0.25) is 34.7 Å². The number of aromatic nitrogens is 1. The van der Waals surface area contributed by atoms with Crippen LogP contribution < -0.4 is 15.5 Å². The lowest BCUT2D eigenvalue weighted by molar-refractivity contribution is -0.123. The Hall–Kier alpha value is -6.65. The first kappa shape index (κ1) is 37.0. The number of fused-ring (bicyclic) bond motifs is 2. The zero-order chi connectivity index (χ0) is 40.1. The van der Waals surface area contributed by atoms with Crippen molar-refractivity contribution in [2.75, 3.05) is 42.9 Å². The molecule has 5 heterocycles. The molecule has 1 unspecified atom stereocenters. The van der Waals surface area contributed by atoms with Crippen LogP contribution in [-0.2, 0) is 29.2 Å². The number of thiazole rings is 1. The number of phenolic OH excluding ortho intramolecular Hbond substituents is 1. The van der Waals surface area contributed by atoms with Crippen molar-refractivity contribution in [3.8, 4) is 16.9 Å². The Labute approximate surface area is 336 Å². The maximum absolute atomic E-state index is 14.4. The second kappa shape index (κ2) is 15.0. The molecule has 14 nitrogen and oxygen atoms in total. The van der Waals surface area contributed by atoms with Gasteiger partial charge in [0.15, 0.2) is 5.13 Å². The van der Waals surface area contributed by atoms with E-state index in [9.17, 15) is 33.5 Å². The standard InChI is InChI=1S/C42H37FN8O6S/c43-30-6-10-35(52)34(21-30)37(38(54)46-41-44-12-18-58-41)49-23-28-3-2-27(20-33(28)39(49)55)26-4-7-31(8-5-26)48-16-14-47(15-17-48)22-25-1-9-32-29(19-25)24-51(40(32)56)50-13-11-36(53)45-42(50)57/h1-10,12,18-21,37,52H,11,13-17,22-24H2,(H,44,46,54)(H,45,53,57). The van der Waals surface area contributed by atoms with Crippen LogP contribution in [0.1, 0.15) is 55.4 Å². The van der Waals surface area contributed by atoms with Gasteiger partial charge in [0.25, 0.3) is 17.7 Å². The number of anilines is 2. The van der Waals surface area contributed by atoms with E-state index in [1.54, 1.807) is 5.38 Å². The number of hydrazine groups is 1. The highest BCUT2D eigenvalue weighted by Crippen LogP contribution is 2.38. The molecular weight excluding hydrogens is 764 g/mol. The minimum Gasteiger partial charge on any atom is -0.508 e. The Morgan fingerprint density at radius 3 is 2.38 bits per heavy atom. The van der Waals surface area contributed by atoms with Gasteiger partial charge in [-0.1, -0.05) is 36.4 Å². The van der Waals surface area contributed by atoms with E-state index in [1.165, 1.54) is 38.5 Å². The predicted molar refractivity (Wildman–Crippen MR) is 212 cm³/mol. The quantitative estimate of drug-likeness (QED) is 0.184. The minimum atomic E-state index is -1.31. The van der Waals surface area contributed by atoms with Crippen molar-refractivity contribution >= 4 is 51.8 Å². The van der Waals surface area contributed by atoms with E-state index in [1.807, 2.05) is 48.5 Å². The van der Waals surface area contributed by atoms with Crippen molar-refractivity contribution in [1.82, 2.24) is 30.1 Å². The molecule has 1 atom stereocenters. The average molecular weight is 801 g/mol. The summed E-state index contributed by atoms with van der Waals surface area (Å²) in [5.74, 6) is -2.56. The normalized spacial score (nSPS) is 17.4. The first-order chi connectivity index (χ1) is 28.1. The van der Waals surface area contributed by atoms with E-state index in [0.717, 1.165) is 72.8 Å². The Morgan fingerprint density at radius 1 is 0.828 bits per heavy atom. The molecule has 9 rings (SSSR count). The van der Waals surface area contributed by atoms with Crippen LogP contribution in [0.3, 0.4) is 0 Å². The summed E-state index contributed by atoms with van der Waals surface area (Å²) < 4.78 is 14.4. The van der Waals surface area contributed by atoms with Gasteiger partial charge in [-0.15, -0.1) is 11.3 Å². The fourth-order valence-electron chi connectivity index (χ4n) is 8.09. The zero-order valence-electron chi connectivity index (χ0n) is 31.1. The average Bonchev–Trinajstić information content (AvgIpc) is 3.94. The summed E-state index contributed by atoms with van der Waals surface area (Å²) in [5.41, 5.74) is 6.46. The number of aromatic hydroxyl groups is 1. The van der Waals surface area contributed by atoms with E-state index in [2.05, 4.69) is 37.6 Å². The van der Waals surface area contributed by atoms with Crippen LogP contribution in [0.5, 0.6) is 5.75 Å². The second-order valence-electron chi connectivity index (χ2n) is 14.6. The lowest BCUT2D eigenvalue weighted by Crippen LogP contribution is -2.56. The Bertz CT molecular complexity index is 2470. The monoisotopic (exact) mass is 800 g/mol. The highest BCUT2D eigenvalue weighted by molar-refractivity contribution is 7.13. The van der Waals surface area contributed by atoms with Crippen LogP contribution in [0.4, 0.5) is 20.0 Å². The molecule has 1 aromatic heterocycles. The number of rotatable bonds is 9. The van der Waals surface area contributed by atoms with Crippen LogP contribution in [0, 0.1) is 5.82 Å². The van der Waals surface area contributed by atoms with E-state index in [4.69, 9.17) is 0 Å². The first-order valence-electron chi connectivity index (χ1n) is 18.8. The molecule has 0 bridgehead atoms. The summed E-state index contributed by atoms with van der Waals surface area (Å²) >= 11 is 1.20. The van der Waals surface area contributed by atoms with Gasteiger partial charge in [0.1, 0.15) is 17.6 Å². The molecule has 58 heavy (non-hydrogen) atoms. The van der Waals surface area contributed by atoms with Gasteiger partial charge in [0, 0.05) is 79.6 Å². The Morgan fingerprint density at radius 2 is 1.62 bits per heavy atom. The molecule has 0 spiro atoms. The molecule has 294 valence electrons. The van der Waals surface area contributed by atoms with Gasteiger partial charge in [-0.25, -0.2) is 24.2 Å². The number of phenols is 1. The number of imide groups is 1. The Balaban J connectivity index is 0.835. The third kappa shape index (κ3) is 7.00. The van der Waals surface area contributed by atoms with Crippen LogP contribution >= 0.6 is 11.3 Å². The smallest absolute Gasteiger partial charge is 0.342 e. The first-order valence-corrected chi connectivity index (χ1v) is 19.7. The molecule has 0 saturated carbocycles. The number of amides is 6. The van der Waals surface area contributed by atoms with Crippen LogP contribution in [-0.4, -0.2) is 92.3 Å². The van der Waals surface area contributed by atoms with E-state index < -0.39 is 29.7 Å². The van der Waals surface area contributed by atoms with Crippen molar-refractivity contribution < 1.29 is 33.5 Å². The number of hydrogen-bond donors (Lipinski definition) is 3. The molecule has 4 aromatic carbocycles. The fourth-order valence-corrected chi connectivity index (χ4v) is 8.62. The van der Waals surface area contributed by atoms with Gasteiger partial charge < -0.3 is 14.9 Å². The number of piperazine rings is 1. The SMILES string of the molecule is O=C1CCN(N2Cc3cc(CN4CCN(c5ccc(-c6ccc7c(c6)C(=O)N(C(C(=O)Nc6nccs6)c6cc(F)ccc6O)C7)cc5)CC4)ccc3C2=O)C(=O)N1. The lowest BCUT2D eigenvalue weighted by atomic mass is 10.00. The lowest BCUT2D eigenvalue weighted by Gasteiger charge is -2.36.